The molecule has 1 N–H and O–H groups in total. The van der Waals surface area contributed by atoms with E-state index in [0.717, 1.165) is 35.5 Å². The lowest BCUT2D eigenvalue weighted by Crippen LogP contribution is -2.23. The molecule has 0 bridgehead atoms. The molecular weight excluding hydrogens is 396 g/mol. The molecule has 5 rings (SSSR count). The fourth-order valence-electron chi connectivity index (χ4n) is 3.21. The zero-order valence-corrected chi connectivity index (χ0v) is 16.9. The van der Waals surface area contributed by atoms with Crippen LogP contribution in [0.2, 0.25) is 0 Å². The Labute approximate surface area is 178 Å². The first-order chi connectivity index (χ1) is 15.2. The van der Waals surface area contributed by atoms with Gasteiger partial charge in [-0.1, -0.05) is 23.4 Å². The summed E-state index contributed by atoms with van der Waals surface area (Å²) in [7, 11) is 1.60. The molecule has 1 aliphatic carbocycles. The molecule has 1 aliphatic rings. The van der Waals surface area contributed by atoms with Gasteiger partial charge >= 0.3 is 0 Å². The van der Waals surface area contributed by atoms with Crippen LogP contribution in [0.25, 0.3) is 17.3 Å². The molecule has 0 aliphatic heterocycles. The number of nitrogens with zero attached hydrogens (tertiary/aromatic N) is 5. The molecule has 1 fully saturated rings. The number of rotatable bonds is 7. The second-order valence-electron chi connectivity index (χ2n) is 7.30. The monoisotopic (exact) mass is 416 g/mol. The van der Waals surface area contributed by atoms with Gasteiger partial charge in [-0.05, 0) is 31.0 Å². The highest BCUT2D eigenvalue weighted by Gasteiger charge is 2.29. The Morgan fingerprint density at radius 1 is 1.23 bits per heavy atom. The summed E-state index contributed by atoms with van der Waals surface area (Å²) in [5, 5.41) is 6.89. The predicted octanol–water partition coefficient (Wildman–Crippen LogP) is 3.13. The van der Waals surface area contributed by atoms with Crippen LogP contribution in [0.1, 0.15) is 40.6 Å². The number of carbonyl (C=O) groups excluding carboxylic acids is 1. The third-order valence-corrected chi connectivity index (χ3v) is 5.09. The number of imidazole rings is 1. The number of methoxy groups -OCH3 is 1. The normalized spacial score (nSPS) is 13.2. The fourth-order valence-corrected chi connectivity index (χ4v) is 3.21. The van der Waals surface area contributed by atoms with Crippen LogP contribution in [-0.4, -0.2) is 37.7 Å². The van der Waals surface area contributed by atoms with E-state index in [4.69, 9.17) is 9.26 Å². The highest BCUT2D eigenvalue weighted by Crippen LogP contribution is 2.38. The van der Waals surface area contributed by atoms with Crippen molar-refractivity contribution in [2.75, 3.05) is 7.11 Å². The topological polar surface area (TPSA) is 108 Å². The number of hydrogen-bond donors (Lipinski definition) is 1. The second kappa shape index (κ2) is 8.02. The van der Waals surface area contributed by atoms with Gasteiger partial charge in [0.25, 0.3) is 11.8 Å². The van der Waals surface area contributed by atoms with Gasteiger partial charge in [-0.15, -0.1) is 0 Å². The van der Waals surface area contributed by atoms with Crippen LogP contribution >= 0.6 is 0 Å². The fraction of sp³-hybridized carbons (Fsp3) is 0.227. The number of para-hydroxylation sites is 1. The van der Waals surface area contributed by atoms with Gasteiger partial charge < -0.3 is 14.6 Å². The zero-order chi connectivity index (χ0) is 21.2. The van der Waals surface area contributed by atoms with Gasteiger partial charge in [-0.3, -0.25) is 9.36 Å². The molecule has 3 heterocycles. The maximum absolute atomic E-state index is 12.5. The Morgan fingerprint density at radius 2 is 2.10 bits per heavy atom. The lowest BCUT2D eigenvalue weighted by Gasteiger charge is -2.08. The average molecular weight is 416 g/mol. The average Bonchev–Trinajstić information content (AvgIpc) is 3.34. The smallest absolute Gasteiger partial charge is 0.271 e. The molecule has 0 saturated heterocycles. The van der Waals surface area contributed by atoms with Crippen LogP contribution in [0.4, 0.5) is 0 Å². The Kier molecular flexibility index (Phi) is 4.91. The predicted molar refractivity (Wildman–Crippen MR) is 111 cm³/mol. The number of nitrogens with one attached hydrogen (secondary N) is 1. The lowest BCUT2D eigenvalue weighted by atomic mass is 10.2. The SMILES string of the molecule is COc1ccccc1CNC(=O)c1cn(-c2ccc(-c3nc(C4CC4)no3)cn2)cn1. The maximum atomic E-state index is 12.5. The van der Waals surface area contributed by atoms with Crippen molar-refractivity contribution in [3.63, 3.8) is 0 Å². The van der Waals surface area contributed by atoms with Gasteiger partial charge in [0.05, 0.1) is 12.7 Å². The number of benzene rings is 1. The minimum atomic E-state index is -0.278. The van der Waals surface area contributed by atoms with E-state index in [1.165, 1.54) is 0 Å². The van der Waals surface area contributed by atoms with Crippen molar-refractivity contribution >= 4 is 5.91 Å². The number of amides is 1. The van der Waals surface area contributed by atoms with Crippen LogP contribution in [0.3, 0.4) is 0 Å². The summed E-state index contributed by atoms with van der Waals surface area (Å²) in [5.74, 6) is 2.73. The summed E-state index contributed by atoms with van der Waals surface area (Å²) in [4.78, 5) is 25.5. The third kappa shape index (κ3) is 4.02. The van der Waals surface area contributed by atoms with Gasteiger partial charge in [0.2, 0.25) is 0 Å². The molecule has 0 unspecified atom stereocenters. The Hall–Kier alpha value is -4.01. The lowest BCUT2D eigenvalue weighted by molar-refractivity contribution is 0.0946. The van der Waals surface area contributed by atoms with E-state index in [-0.39, 0.29) is 5.91 Å². The van der Waals surface area contributed by atoms with Gasteiger partial charge in [0.1, 0.15) is 23.6 Å². The highest BCUT2D eigenvalue weighted by molar-refractivity contribution is 5.92. The molecule has 0 spiro atoms. The van der Waals surface area contributed by atoms with E-state index < -0.39 is 0 Å². The van der Waals surface area contributed by atoms with Crippen molar-refractivity contribution in [2.24, 2.45) is 0 Å². The molecule has 0 atom stereocenters. The molecule has 1 amide bonds. The second-order valence-corrected chi connectivity index (χ2v) is 7.30. The van der Waals surface area contributed by atoms with E-state index in [1.807, 2.05) is 36.4 Å². The van der Waals surface area contributed by atoms with Crippen molar-refractivity contribution in [2.45, 2.75) is 25.3 Å². The summed E-state index contributed by atoms with van der Waals surface area (Å²) < 4.78 is 12.3. The van der Waals surface area contributed by atoms with E-state index in [2.05, 4.69) is 25.4 Å². The minimum Gasteiger partial charge on any atom is -0.496 e. The standard InChI is InChI=1S/C22H20N6O3/c1-30-18-5-3-2-4-15(18)10-24-21(29)17-12-28(13-25-17)19-9-8-16(11-23-19)22-26-20(27-31-22)14-6-7-14/h2-5,8-9,11-14H,6-7,10H2,1H3,(H,24,29). The Balaban J connectivity index is 1.25. The van der Waals surface area contributed by atoms with E-state index >= 15 is 0 Å². The number of hydrogen-bond acceptors (Lipinski definition) is 7. The summed E-state index contributed by atoms with van der Waals surface area (Å²) >= 11 is 0. The molecule has 156 valence electrons. The van der Waals surface area contributed by atoms with Gasteiger partial charge in [0.15, 0.2) is 5.82 Å². The molecular formula is C22H20N6O3. The van der Waals surface area contributed by atoms with E-state index in [1.54, 1.807) is 30.4 Å². The largest absolute Gasteiger partial charge is 0.496 e. The van der Waals surface area contributed by atoms with Crippen molar-refractivity contribution in [1.29, 1.82) is 0 Å². The zero-order valence-electron chi connectivity index (χ0n) is 16.9. The van der Waals surface area contributed by atoms with E-state index in [0.29, 0.717) is 29.9 Å². The van der Waals surface area contributed by atoms with Crippen molar-refractivity contribution in [1.82, 2.24) is 30.0 Å². The third-order valence-electron chi connectivity index (χ3n) is 5.09. The molecule has 0 radical (unpaired) electrons. The Bertz CT molecular complexity index is 1210. The van der Waals surface area contributed by atoms with Crippen molar-refractivity contribution < 1.29 is 14.1 Å². The van der Waals surface area contributed by atoms with Crippen LogP contribution < -0.4 is 10.1 Å². The van der Waals surface area contributed by atoms with Crippen LogP contribution in [0.15, 0.2) is 59.6 Å². The molecule has 31 heavy (non-hydrogen) atoms. The van der Waals surface area contributed by atoms with Crippen LogP contribution in [0.5, 0.6) is 5.75 Å². The van der Waals surface area contributed by atoms with Crippen molar-refractivity contribution in [3.05, 3.63) is 72.2 Å². The molecule has 3 aromatic heterocycles. The van der Waals surface area contributed by atoms with Crippen LogP contribution in [0, 0.1) is 0 Å². The van der Waals surface area contributed by atoms with Crippen molar-refractivity contribution in [3.8, 4) is 23.0 Å². The quantitative estimate of drug-likeness (QED) is 0.493. The van der Waals surface area contributed by atoms with Gasteiger partial charge in [-0.2, -0.15) is 4.98 Å². The molecule has 9 nitrogen and oxygen atoms in total. The van der Waals surface area contributed by atoms with Gasteiger partial charge in [-0.25, -0.2) is 9.97 Å². The summed E-state index contributed by atoms with van der Waals surface area (Å²) in [5.41, 5.74) is 1.94. The maximum Gasteiger partial charge on any atom is 0.271 e. The van der Waals surface area contributed by atoms with Gasteiger partial charge in [0, 0.05) is 30.4 Å². The number of carbonyl (C=O) groups is 1. The number of ether oxygens (including phenoxy) is 1. The summed E-state index contributed by atoms with van der Waals surface area (Å²) in [6, 6.07) is 11.2. The molecule has 9 heteroatoms. The first-order valence-corrected chi connectivity index (χ1v) is 9.96. The van der Waals surface area contributed by atoms with Crippen LogP contribution in [-0.2, 0) is 6.54 Å². The molecule has 1 aromatic carbocycles. The summed E-state index contributed by atoms with van der Waals surface area (Å²) in [6.07, 6.45) is 7.09. The Morgan fingerprint density at radius 3 is 2.87 bits per heavy atom. The highest BCUT2D eigenvalue weighted by atomic mass is 16.5. The first-order valence-electron chi connectivity index (χ1n) is 9.96. The number of aromatic nitrogens is 5. The first kappa shape index (κ1) is 19.0. The molecule has 1 saturated carbocycles. The molecule has 4 aromatic rings. The van der Waals surface area contributed by atoms with E-state index in [9.17, 15) is 4.79 Å². The minimum absolute atomic E-state index is 0.278. The number of pyridine rings is 1. The summed E-state index contributed by atoms with van der Waals surface area (Å²) in [6.45, 7) is 0.343.